The number of esters is 1. The summed E-state index contributed by atoms with van der Waals surface area (Å²) in [4.78, 5) is 45.7. The van der Waals surface area contributed by atoms with Gasteiger partial charge in [-0.25, -0.2) is 14.8 Å². The van der Waals surface area contributed by atoms with Gasteiger partial charge in [-0.05, 0) is 107 Å². The molecular formula is C45H52N6O3. The Morgan fingerprint density at radius 2 is 1.67 bits per heavy atom. The van der Waals surface area contributed by atoms with Crippen LogP contribution >= 0.6 is 0 Å². The van der Waals surface area contributed by atoms with Gasteiger partial charge < -0.3 is 14.2 Å². The molecule has 1 atom stereocenters. The van der Waals surface area contributed by atoms with E-state index in [1.54, 1.807) is 24.2 Å². The van der Waals surface area contributed by atoms with Crippen LogP contribution in [-0.2, 0) is 16.1 Å². The molecule has 5 aromatic rings. The number of fused-ring (bicyclic) bond motifs is 1. The van der Waals surface area contributed by atoms with Crippen molar-refractivity contribution in [3.63, 3.8) is 0 Å². The van der Waals surface area contributed by atoms with Crippen LogP contribution in [0.2, 0.25) is 0 Å². The number of aromatic nitrogens is 4. The molecule has 4 heterocycles. The molecule has 9 nitrogen and oxygen atoms in total. The molecule has 0 spiro atoms. The summed E-state index contributed by atoms with van der Waals surface area (Å²) in [6.07, 6.45) is 12.7. The first-order valence-electron chi connectivity index (χ1n) is 19.2. The molecule has 0 N–H and O–H groups in total. The number of likely N-dealkylation sites (tertiary alicyclic amines) is 1. The number of benzene rings is 2. The number of nitrogens with zero attached hydrogens (tertiary/aromatic N) is 6. The fraction of sp³-hybridized carbons (Fsp3) is 0.356. The molecule has 0 bridgehead atoms. The van der Waals surface area contributed by atoms with Crippen LogP contribution in [0.15, 0.2) is 97.3 Å². The van der Waals surface area contributed by atoms with Gasteiger partial charge in [0.2, 0.25) is 0 Å². The summed E-state index contributed by atoms with van der Waals surface area (Å²) >= 11 is 0. The maximum atomic E-state index is 14.3. The largest absolute Gasteiger partial charge is 0.464 e. The van der Waals surface area contributed by atoms with Gasteiger partial charge in [0, 0.05) is 37.0 Å². The molecule has 0 saturated carbocycles. The summed E-state index contributed by atoms with van der Waals surface area (Å²) in [7, 11) is 0. The zero-order chi connectivity index (χ0) is 38.0. The number of pyridine rings is 2. The van der Waals surface area contributed by atoms with Crippen molar-refractivity contribution in [2.45, 2.75) is 66.5 Å². The van der Waals surface area contributed by atoms with Gasteiger partial charge in [-0.1, -0.05) is 74.0 Å². The minimum atomic E-state index is -0.740. The highest BCUT2D eigenvalue weighted by atomic mass is 16.5. The Morgan fingerprint density at radius 1 is 0.926 bits per heavy atom. The van der Waals surface area contributed by atoms with Crippen molar-refractivity contribution in [1.82, 2.24) is 29.3 Å². The second-order valence-electron chi connectivity index (χ2n) is 14.5. The highest BCUT2D eigenvalue weighted by Gasteiger charge is 2.31. The Bertz CT molecular complexity index is 2090. The third-order valence-electron chi connectivity index (χ3n) is 9.93. The minimum Gasteiger partial charge on any atom is -0.464 e. The molecule has 0 unspecified atom stereocenters. The first kappa shape index (κ1) is 38.3. The predicted molar refractivity (Wildman–Crippen MR) is 216 cm³/mol. The lowest BCUT2D eigenvalue weighted by Crippen LogP contribution is -2.46. The standard InChI is InChI=1S/C45H52N6O3/c1-6-54-45(53)43(29-32(2)3)50(44(52)37-20-16-35(17-21-37)31-51-34(5)47-41-30-46-24-22-42(41)51)27-10-12-38-11-9-13-40(48-38)39(23-28-49-25-7-8-26-49)36-18-14-33(4)15-19-36/h9-24,30,32,43H,6-8,25-29,31H2,1-5H3/t43-/m0/s1. The van der Waals surface area contributed by atoms with E-state index in [1.807, 2.05) is 61.5 Å². The topological polar surface area (TPSA) is 93.5 Å². The normalized spacial score (nSPS) is 14.3. The van der Waals surface area contributed by atoms with Crippen LogP contribution < -0.4 is 0 Å². The maximum absolute atomic E-state index is 14.3. The van der Waals surface area contributed by atoms with E-state index in [0.29, 0.717) is 18.5 Å². The summed E-state index contributed by atoms with van der Waals surface area (Å²) in [5.74, 6) is 0.433. The van der Waals surface area contributed by atoms with Crippen molar-refractivity contribution in [1.29, 1.82) is 0 Å². The van der Waals surface area contributed by atoms with E-state index in [9.17, 15) is 9.59 Å². The van der Waals surface area contributed by atoms with E-state index in [2.05, 4.69) is 76.6 Å². The third-order valence-corrected chi connectivity index (χ3v) is 9.93. The molecule has 6 rings (SSSR count). The molecule has 54 heavy (non-hydrogen) atoms. The summed E-state index contributed by atoms with van der Waals surface area (Å²) < 4.78 is 7.66. The summed E-state index contributed by atoms with van der Waals surface area (Å²) in [5.41, 5.74) is 8.52. The minimum absolute atomic E-state index is 0.162. The molecular weight excluding hydrogens is 673 g/mol. The molecule has 1 aliphatic rings. The zero-order valence-electron chi connectivity index (χ0n) is 32.2. The van der Waals surface area contributed by atoms with Crippen molar-refractivity contribution in [2.24, 2.45) is 5.92 Å². The van der Waals surface area contributed by atoms with Crippen LogP contribution in [0, 0.1) is 19.8 Å². The first-order valence-corrected chi connectivity index (χ1v) is 19.2. The van der Waals surface area contributed by atoms with Crippen molar-refractivity contribution >= 4 is 34.6 Å². The van der Waals surface area contributed by atoms with Crippen molar-refractivity contribution in [2.75, 3.05) is 32.8 Å². The Balaban J connectivity index is 1.25. The Hall–Kier alpha value is -5.41. The van der Waals surface area contributed by atoms with E-state index in [4.69, 9.17) is 9.72 Å². The lowest BCUT2D eigenvalue weighted by Gasteiger charge is -2.30. The van der Waals surface area contributed by atoms with Crippen LogP contribution in [0.3, 0.4) is 0 Å². The molecule has 2 aromatic carbocycles. The summed E-state index contributed by atoms with van der Waals surface area (Å²) in [5, 5.41) is 0. The highest BCUT2D eigenvalue weighted by molar-refractivity contribution is 5.97. The number of hydrogen-bond acceptors (Lipinski definition) is 7. The van der Waals surface area contributed by atoms with Crippen LogP contribution in [0.5, 0.6) is 0 Å². The highest BCUT2D eigenvalue weighted by Crippen LogP contribution is 2.25. The molecule has 1 saturated heterocycles. The van der Waals surface area contributed by atoms with Gasteiger partial charge in [-0.3, -0.25) is 14.7 Å². The monoisotopic (exact) mass is 724 g/mol. The quantitative estimate of drug-likeness (QED) is 0.101. The average molecular weight is 725 g/mol. The summed E-state index contributed by atoms with van der Waals surface area (Å²) in [6, 6.07) is 23.5. The van der Waals surface area contributed by atoms with Gasteiger partial charge in [0.1, 0.15) is 17.4 Å². The smallest absolute Gasteiger partial charge is 0.328 e. The van der Waals surface area contributed by atoms with E-state index in [-0.39, 0.29) is 25.0 Å². The van der Waals surface area contributed by atoms with E-state index >= 15 is 0 Å². The molecule has 0 radical (unpaired) electrons. The molecule has 0 aliphatic carbocycles. The van der Waals surface area contributed by atoms with E-state index in [1.165, 1.54) is 18.4 Å². The number of rotatable bonds is 15. The van der Waals surface area contributed by atoms with E-state index in [0.717, 1.165) is 64.6 Å². The van der Waals surface area contributed by atoms with Gasteiger partial charge in [-0.2, -0.15) is 0 Å². The van der Waals surface area contributed by atoms with Gasteiger partial charge >= 0.3 is 5.97 Å². The van der Waals surface area contributed by atoms with Crippen LogP contribution in [0.25, 0.3) is 22.7 Å². The van der Waals surface area contributed by atoms with Gasteiger partial charge in [-0.15, -0.1) is 0 Å². The number of imidazole rings is 1. The number of hydrogen-bond donors (Lipinski definition) is 0. The summed E-state index contributed by atoms with van der Waals surface area (Å²) in [6.45, 7) is 14.2. The lowest BCUT2D eigenvalue weighted by molar-refractivity contribution is -0.149. The number of ether oxygens (including phenoxy) is 1. The fourth-order valence-electron chi connectivity index (χ4n) is 7.06. The zero-order valence-corrected chi connectivity index (χ0v) is 32.2. The van der Waals surface area contributed by atoms with E-state index < -0.39 is 12.0 Å². The predicted octanol–water partition coefficient (Wildman–Crippen LogP) is 8.15. The second-order valence-corrected chi connectivity index (χ2v) is 14.5. The van der Waals surface area contributed by atoms with Gasteiger partial charge in [0.05, 0.1) is 29.7 Å². The van der Waals surface area contributed by atoms with Crippen LogP contribution in [0.1, 0.15) is 84.3 Å². The second kappa shape index (κ2) is 18.1. The van der Waals surface area contributed by atoms with Crippen LogP contribution in [-0.4, -0.2) is 80.0 Å². The van der Waals surface area contributed by atoms with Crippen LogP contribution in [0.4, 0.5) is 0 Å². The average Bonchev–Trinajstić information content (AvgIpc) is 3.81. The SMILES string of the molecule is CCOC(=O)[C@H](CC(C)C)N(CC=Cc1cccc(C(=CCN2CCCC2)c2ccc(C)cc2)n1)C(=O)c1ccc(Cn2c(C)nc3cnccc32)cc1. The van der Waals surface area contributed by atoms with Gasteiger partial charge in [0.15, 0.2) is 0 Å². The molecule has 9 heteroatoms. The molecule has 1 aliphatic heterocycles. The third kappa shape index (κ3) is 9.57. The fourth-order valence-corrected chi connectivity index (χ4v) is 7.06. The van der Waals surface area contributed by atoms with Gasteiger partial charge in [0.25, 0.3) is 5.91 Å². The molecule has 3 aromatic heterocycles. The van der Waals surface area contributed by atoms with Crippen molar-refractivity contribution < 1.29 is 14.3 Å². The first-order chi connectivity index (χ1) is 26.2. The Morgan fingerprint density at radius 3 is 2.39 bits per heavy atom. The number of aryl methyl sites for hydroxylation is 2. The molecule has 1 amide bonds. The van der Waals surface area contributed by atoms with Crippen molar-refractivity contribution in [3.8, 4) is 0 Å². The Labute approximate surface area is 319 Å². The maximum Gasteiger partial charge on any atom is 0.328 e. The molecule has 280 valence electrons. The molecule has 1 fully saturated rings. The lowest BCUT2D eigenvalue weighted by atomic mass is 10.00. The number of carbonyl (C=O) groups excluding carboxylic acids is 2. The number of amides is 1. The Kier molecular flexibility index (Phi) is 12.8. The van der Waals surface area contributed by atoms with Crippen molar-refractivity contribution in [3.05, 3.63) is 137 Å². The number of carbonyl (C=O) groups is 2.